The van der Waals surface area contributed by atoms with E-state index in [1.807, 2.05) is 52.0 Å². The lowest BCUT2D eigenvalue weighted by Gasteiger charge is -2.17. The third-order valence-electron chi connectivity index (χ3n) is 3.88. The molecule has 0 aliphatic heterocycles. The van der Waals surface area contributed by atoms with Crippen molar-refractivity contribution >= 4 is 35.1 Å². The monoisotopic (exact) mass is 399 g/mol. The Morgan fingerprint density at radius 2 is 1.75 bits per heavy atom. The zero-order valence-corrected chi connectivity index (χ0v) is 17.4. The van der Waals surface area contributed by atoms with Gasteiger partial charge in [0.25, 0.3) is 0 Å². The summed E-state index contributed by atoms with van der Waals surface area (Å²) in [4.78, 5) is 37.2. The van der Waals surface area contributed by atoms with Crippen LogP contribution in [0, 0.1) is 12.3 Å². The van der Waals surface area contributed by atoms with E-state index in [2.05, 4.69) is 5.32 Å². The Hall–Kier alpha value is -2.73. The van der Waals surface area contributed by atoms with E-state index in [4.69, 9.17) is 4.74 Å². The molecule has 2 aromatic rings. The molecular formula is C22H25NO4S. The van der Waals surface area contributed by atoms with Gasteiger partial charge in [-0.25, -0.2) is 4.79 Å². The molecule has 0 aliphatic carbocycles. The number of esters is 1. The van der Waals surface area contributed by atoms with Gasteiger partial charge in [-0.3, -0.25) is 9.59 Å². The second kappa shape index (κ2) is 9.46. The zero-order valence-electron chi connectivity index (χ0n) is 16.6. The number of Topliss-reactive ketones (excluding diaryl/α,β-unsaturated/α-hetero) is 1. The summed E-state index contributed by atoms with van der Waals surface area (Å²) in [5.74, 6) is -0.887. The van der Waals surface area contributed by atoms with E-state index in [9.17, 15) is 14.4 Å². The van der Waals surface area contributed by atoms with E-state index >= 15 is 0 Å². The van der Waals surface area contributed by atoms with Gasteiger partial charge >= 0.3 is 5.97 Å². The van der Waals surface area contributed by atoms with Crippen molar-refractivity contribution in [3.8, 4) is 0 Å². The summed E-state index contributed by atoms with van der Waals surface area (Å²) in [5, 5.41) is 2.84. The first kappa shape index (κ1) is 21.6. The minimum absolute atomic E-state index is 0.0527. The van der Waals surface area contributed by atoms with Gasteiger partial charge in [0.05, 0.1) is 11.4 Å². The van der Waals surface area contributed by atoms with Crippen LogP contribution in [0.3, 0.4) is 0 Å². The number of benzene rings is 1. The maximum Gasteiger partial charge on any atom is 0.331 e. The van der Waals surface area contributed by atoms with Gasteiger partial charge < -0.3 is 10.1 Å². The average Bonchev–Trinajstić information content (AvgIpc) is 3.12. The normalized spacial score (nSPS) is 11.4. The molecular weight excluding hydrogens is 374 g/mol. The van der Waals surface area contributed by atoms with Gasteiger partial charge in [0.2, 0.25) is 11.7 Å². The molecule has 0 unspecified atom stereocenters. The molecule has 1 heterocycles. The van der Waals surface area contributed by atoms with Crippen molar-refractivity contribution in [2.75, 3.05) is 6.61 Å². The van der Waals surface area contributed by atoms with Crippen molar-refractivity contribution in [2.45, 2.75) is 34.2 Å². The van der Waals surface area contributed by atoms with Crippen LogP contribution in [-0.4, -0.2) is 24.3 Å². The average molecular weight is 400 g/mol. The number of carbonyl (C=O) groups is 3. The molecule has 1 aromatic carbocycles. The summed E-state index contributed by atoms with van der Waals surface area (Å²) in [6.07, 6.45) is 2.95. The topological polar surface area (TPSA) is 72.5 Å². The highest BCUT2D eigenvalue weighted by molar-refractivity contribution is 7.14. The summed E-state index contributed by atoms with van der Waals surface area (Å²) in [6.45, 7) is 7.56. The number of ether oxygens (including phenoxy) is 1. The van der Waals surface area contributed by atoms with Crippen molar-refractivity contribution in [3.05, 3.63) is 63.4 Å². The number of rotatable bonds is 7. The first-order valence-electron chi connectivity index (χ1n) is 8.97. The highest BCUT2D eigenvalue weighted by Gasteiger charge is 2.21. The molecule has 6 heteroatoms. The lowest BCUT2D eigenvalue weighted by atomic mass is 9.96. The van der Waals surface area contributed by atoms with Crippen LogP contribution in [-0.2, 0) is 20.9 Å². The minimum atomic E-state index is -0.567. The molecule has 0 bridgehead atoms. The summed E-state index contributed by atoms with van der Waals surface area (Å²) in [6, 6.07) is 11.2. The second-order valence-corrected chi connectivity index (χ2v) is 8.64. The molecule has 0 radical (unpaired) electrons. The molecule has 1 amide bonds. The number of nitrogens with one attached hydrogen (secondary N) is 1. The number of carbonyl (C=O) groups excluding carboxylic acids is 3. The van der Waals surface area contributed by atoms with Crippen LogP contribution in [0.25, 0.3) is 6.08 Å². The standard InChI is InChI=1S/C22H25NO4S/c1-15-5-7-16(8-6-15)9-12-20(25)27-14-18(24)19-11-10-17(28-19)13-23-21(26)22(2,3)4/h5-12H,13-14H2,1-4H3,(H,23,26)/b12-9+. The maximum atomic E-state index is 12.2. The van der Waals surface area contributed by atoms with Crippen molar-refractivity contribution in [2.24, 2.45) is 5.41 Å². The number of amides is 1. The fraction of sp³-hybridized carbons (Fsp3) is 0.318. The Kier molecular flexibility index (Phi) is 7.29. The van der Waals surface area contributed by atoms with E-state index in [1.54, 1.807) is 18.2 Å². The summed E-state index contributed by atoms with van der Waals surface area (Å²) in [7, 11) is 0. The van der Waals surface area contributed by atoms with E-state index in [0.717, 1.165) is 16.0 Å². The number of ketones is 1. The van der Waals surface area contributed by atoms with Gasteiger partial charge in [0.15, 0.2) is 6.61 Å². The lowest BCUT2D eigenvalue weighted by Crippen LogP contribution is -2.34. The van der Waals surface area contributed by atoms with Crippen LogP contribution in [0.2, 0.25) is 0 Å². The lowest BCUT2D eigenvalue weighted by molar-refractivity contribution is -0.136. The Morgan fingerprint density at radius 3 is 2.39 bits per heavy atom. The molecule has 0 aliphatic rings. The number of hydrogen-bond donors (Lipinski definition) is 1. The molecule has 0 atom stereocenters. The van der Waals surface area contributed by atoms with E-state index in [-0.39, 0.29) is 18.3 Å². The van der Waals surface area contributed by atoms with E-state index < -0.39 is 11.4 Å². The smallest absolute Gasteiger partial charge is 0.331 e. The van der Waals surface area contributed by atoms with Gasteiger partial charge in [0, 0.05) is 16.4 Å². The second-order valence-electron chi connectivity index (χ2n) is 7.47. The number of aryl methyl sites for hydroxylation is 1. The predicted octanol–water partition coefficient (Wildman–Crippen LogP) is 4.16. The van der Waals surface area contributed by atoms with Crippen LogP contribution < -0.4 is 5.32 Å². The zero-order chi connectivity index (χ0) is 20.7. The maximum absolute atomic E-state index is 12.2. The largest absolute Gasteiger partial charge is 0.454 e. The molecule has 28 heavy (non-hydrogen) atoms. The van der Waals surface area contributed by atoms with Gasteiger partial charge in [-0.15, -0.1) is 11.3 Å². The number of hydrogen-bond acceptors (Lipinski definition) is 5. The molecule has 0 fully saturated rings. The molecule has 0 saturated heterocycles. The number of thiophene rings is 1. The molecule has 2 rings (SSSR count). The van der Waals surface area contributed by atoms with Crippen LogP contribution in [0.4, 0.5) is 0 Å². The fourth-order valence-corrected chi connectivity index (χ4v) is 3.02. The van der Waals surface area contributed by atoms with Crippen molar-refractivity contribution < 1.29 is 19.1 Å². The SMILES string of the molecule is Cc1ccc(/C=C/C(=O)OCC(=O)c2ccc(CNC(=O)C(C)(C)C)s2)cc1. The van der Waals surface area contributed by atoms with Crippen LogP contribution in [0.5, 0.6) is 0 Å². The molecule has 1 aromatic heterocycles. The Morgan fingerprint density at radius 1 is 1.07 bits per heavy atom. The van der Waals surface area contributed by atoms with Gasteiger partial charge in [0.1, 0.15) is 0 Å². The molecule has 5 nitrogen and oxygen atoms in total. The summed E-state index contributed by atoms with van der Waals surface area (Å²) >= 11 is 1.28. The minimum Gasteiger partial charge on any atom is -0.454 e. The van der Waals surface area contributed by atoms with E-state index in [1.165, 1.54) is 17.4 Å². The molecule has 148 valence electrons. The third kappa shape index (κ3) is 6.78. The van der Waals surface area contributed by atoms with Crippen LogP contribution in [0.1, 0.15) is 46.4 Å². The van der Waals surface area contributed by atoms with Crippen molar-refractivity contribution in [3.63, 3.8) is 0 Å². The van der Waals surface area contributed by atoms with Crippen LogP contribution >= 0.6 is 11.3 Å². The molecule has 0 spiro atoms. The Balaban J connectivity index is 1.81. The highest BCUT2D eigenvalue weighted by atomic mass is 32.1. The third-order valence-corrected chi connectivity index (χ3v) is 5.00. The Labute approximate surface area is 169 Å². The highest BCUT2D eigenvalue weighted by Crippen LogP contribution is 2.18. The van der Waals surface area contributed by atoms with Crippen molar-refractivity contribution in [1.29, 1.82) is 0 Å². The van der Waals surface area contributed by atoms with Gasteiger partial charge in [-0.05, 0) is 30.7 Å². The quantitative estimate of drug-likeness (QED) is 0.431. The first-order valence-corrected chi connectivity index (χ1v) is 9.78. The summed E-state index contributed by atoms with van der Waals surface area (Å²) in [5.41, 5.74) is 1.56. The Bertz CT molecular complexity index is 873. The van der Waals surface area contributed by atoms with E-state index in [0.29, 0.717) is 11.4 Å². The molecule has 1 N–H and O–H groups in total. The van der Waals surface area contributed by atoms with Crippen molar-refractivity contribution in [1.82, 2.24) is 5.32 Å². The van der Waals surface area contributed by atoms with Gasteiger partial charge in [-0.1, -0.05) is 50.6 Å². The molecule has 0 saturated carbocycles. The van der Waals surface area contributed by atoms with Crippen LogP contribution in [0.15, 0.2) is 42.5 Å². The fourth-order valence-electron chi connectivity index (χ4n) is 2.15. The van der Waals surface area contributed by atoms with Gasteiger partial charge in [-0.2, -0.15) is 0 Å². The summed E-state index contributed by atoms with van der Waals surface area (Å²) < 4.78 is 5.02. The first-order chi connectivity index (χ1) is 13.1. The predicted molar refractivity (Wildman–Crippen MR) is 111 cm³/mol.